The molecule has 3 heterocycles. The van der Waals surface area contributed by atoms with Gasteiger partial charge >= 0.3 is 0 Å². The number of anilines is 2. The topological polar surface area (TPSA) is 98.3 Å². The van der Waals surface area contributed by atoms with Crippen molar-refractivity contribution in [3.63, 3.8) is 0 Å². The number of benzene rings is 1. The van der Waals surface area contributed by atoms with Gasteiger partial charge in [0.1, 0.15) is 12.2 Å². The van der Waals surface area contributed by atoms with Crippen LogP contribution in [0.1, 0.15) is 18.9 Å². The molecule has 3 atom stereocenters. The molecule has 0 spiro atoms. The third-order valence-electron chi connectivity index (χ3n) is 6.16. The predicted octanol–water partition coefficient (Wildman–Crippen LogP) is 4.06. The molecule has 2 aromatic heterocycles. The lowest BCUT2D eigenvalue weighted by Gasteiger charge is -2.33. The van der Waals surface area contributed by atoms with Crippen molar-refractivity contribution in [1.82, 2.24) is 15.0 Å². The minimum Gasteiger partial charge on any atom is -0.463 e. The molecule has 1 fully saturated rings. The highest BCUT2D eigenvalue weighted by Gasteiger charge is 2.66. The van der Waals surface area contributed by atoms with E-state index in [0.717, 1.165) is 17.8 Å². The van der Waals surface area contributed by atoms with Crippen LogP contribution in [-0.4, -0.2) is 38.1 Å². The summed E-state index contributed by atoms with van der Waals surface area (Å²) in [6, 6.07) is 4.10. The molecule has 2 aliphatic rings. The van der Waals surface area contributed by atoms with E-state index in [9.17, 15) is 8.78 Å². The van der Waals surface area contributed by atoms with Gasteiger partial charge in [-0.15, -0.1) is 6.42 Å². The minimum atomic E-state index is -1.21. The van der Waals surface area contributed by atoms with E-state index in [4.69, 9.17) is 16.9 Å². The van der Waals surface area contributed by atoms with Crippen molar-refractivity contribution in [2.24, 2.45) is 16.6 Å². The van der Waals surface area contributed by atoms with Gasteiger partial charge in [0.2, 0.25) is 5.88 Å². The molecule has 0 saturated heterocycles. The number of aliphatic imine (C=N–C) groups is 1. The Morgan fingerprint density at radius 1 is 1.35 bits per heavy atom. The molecule has 5 rings (SSSR count). The second-order valence-electron chi connectivity index (χ2n) is 8.33. The normalized spacial score (nSPS) is 25.3. The lowest BCUT2D eigenvalue weighted by molar-refractivity contribution is 0.355. The van der Waals surface area contributed by atoms with E-state index in [0.29, 0.717) is 17.5 Å². The summed E-state index contributed by atoms with van der Waals surface area (Å²) in [5, 5.41) is 3.14. The van der Waals surface area contributed by atoms with Crippen molar-refractivity contribution < 1.29 is 17.9 Å². The Balaban J connectivity index is 1.53. The van der Waals surface area contributed by atoms with Crippen molar-refractivity contribution in [3.8, 4) is 18.2 Å². The maximum atomic E-state index is 15.0. The molecule has 0 radical (unpaired) electrons. The van der Waals surface area contributed by atoms with Crippen LogP contribution in [0.25, 0.3) is 11.0 Å². The summed E-state index contributed by atoms with van der Waals surface area (Å²) in [6.07, 6.45) is 8.56. The zero-order valence-corrected chi connectivity index (χ0v) is 18.8. The van der Waals surface area contributed by atoms with Crippen LogP contribution in [0, 0.1) is 29.9 Å². The van der Waals surface area contributed by atoms with Gasteiger partial charge in [-0.05, 0) is 25.5 Å². The molecular formula is C23H19F3N6OS. The first-order chi connectivity index (χ1) is 16.3. The van der Waals surface area contributed by atoms with Crippen LogP contribution in [0.3, 0.4) is 0 Å². The van der Waals surface area contributed by atoms with Gasteiger partial charge in [0.25, 0.3) is 0 Å². The monoisotopic (exact) mass is 484 g/mol. The van der Waals surface area contributed by atoms with Crippen LogP contribution in [-0.2, 0) is 5.54 Å². The molecule has 3 aromatic rings. The number of aromatic nitrogens is 3. The van der Waals surface area contributed by atoms with Crippen molar-refractivity contribution in [2.45, 2.75) is 23.6 Å². The van der Waals surface area contributed by atoms with E-state index < -0.39 is 28.6 Å². The zero-order chi connectivity index (χ0) is 24.1. The third-order valence-corrected chi connectivity index (χ3v) is 7.42. The maximum Gasteiger partial charge on any atom is 0.233 e. The average Bonchev–Trinajstić information content (AvgIpc) is 3.56. The van der Waals surface area contributed by atoms with Crippen LogP contribution >= 0.6 is 11.8 Å². The van der Waals surface area contributed by atoms with Crippen molar-refractivity contribution >= 4 is 39.5 Å². The molecule has 0 bridgehead atoms. The minimum absolute atomic E-state index is 0.00475. The van der Waals surface area contributed by atoms with Gasteiger partial charge in [-0.25, -0.2) is 28.1 Å². The van der Waals surface area contributed by atoms with Crippen LogP contribution in [0.2, 0.25) is 0 Å². The molecule has 11 heteroatoms. The fourth-order valence-corrected chi connectivity index (χ4v) is 5.77. The van der Waals surface area contributed by atoms with Gasteiger partial charge < -0.3 is 15.8 Å². The number of pyridine rings is 1. The van der Waals surface area contributed by atoms with Crippen LogP contribution in [0.5, 0.6) is 5.88 Å². The highest BCUT2D eigenvalue weighted by Crippen LogP contribution is 2.66. The largest absolute Gasteiger partial charge is 0.463 e. The number of hydrogen-bond acceptors (Lipinski definition) is 8. The summed E-state index contributed by atoms with van der Waals surface area (Å²) in [7, 11) is 0. The molecular weight excluding hydrogens is 465 g/mol. The summed E-state index contributed by atoms with van der Waals surface area (Å²) < 4.78 is 48.0. The standard InChI is InChI=1S/C23H19F3N6OS/c1-3-6-33-17-10-29-19-15(31-17)4-5-28-20(19)30-12-7-13(18(26)14(25)8-12)22(2)16-9-23(16,11-24)34-21(27)32-22/h1,4-5,7-8,10,16H,6,9,11H2,2H3,(H2,27,32)(H,28,30)/t16-,22+,23+/m0/s1. The Morgan fingerprint density at radius 3 is 2.94 bits per heavy atom. The number of terminal acetylenes is 1. The molecule has 3 N–H and O–H groups in total. The maximum absolute atomic E-state index is 15.0. The number of hydrogen-bond donors (Lipinski definition) is 2. The summed E-state index contributed by atoms with van der Waals surface area (Å²) in [5.41, 5.74) is 5.82. The van der Waals surface area contributed by atoms with E-state index in [2.05, 4.69) is 31.2 Å². The van der Waals surface area contributed by atoms with Gasteiger partial charge in [0.05, 0.1) is 22.0 Å². The fraction of sp³-hybridized carbons (Fsp3) is 0.304. The first kappa shape index (κ1) is 22.3. The van der Waals surface area contributed by atoms with E-state index >= 15 is 4.39 Å². The number of fused-ring (bicyclic) bond motifs is 2. The molecule has 1 aliphatic carbocycles. The molecule has 1 aromatic carbocycles. The van der Waals surface area contributed by atoms with Gasteiger partial charge in [0, 0.05) is 29.4 Å². The number of thioether (sulfide) groups is 1. The molecule has 0 amide bonds. The van der Waals surface area contributed by atoms with Gasteiger partial charge in [0.15, 0.2) is 29.2 Å². The van der Waals surface area contributed by atoms with Crippen LogP contribution in [0.4, 0.5) is 24.7 Å². The van der Waals surface area contributed by atoms with Crippen molar-refractivity contribution in [1.29, 1.82) is 0 Å². The average molecular weight is 485 g/mol. The van der Waals surface area contributed by atoms with Crippen LogP contribution in [0.15, 0.2) is 35.6 Å². The number of rotatable bonds is 6. The number of amidine groups is 1. The second kappa shape index (κ2) is 8.06. The smallest absolute Gasteiger partial charge is 0.233 e. The first-order valence-corrected chi connectivity index (χ1v) is 11.2. The fourth-order valence-electron chi connectivity index (χ4n) is 4.44. The second-order valence-corrected chi connectivity index (χ2v) is 9.76. The lowest BCUT2D eigenvalue weighted by atomic mass is 9.85. The lowest BCUT2D eigenvalue weighted by Crippen LogP contribution is -2.37. The Bertz CT molecular complexity index is 1380. The molecule has 34 heavy (non-hydrogen) atoms. The zero-order valence-electron chi connectivity index (χ0n) is 18.0. The summed E-state index contributed by atoms with van der Waals surface area (Å²) >= 11 is 1.16. The Hall–Kier alpha value is -3.52. The highest BCUT2D eigenvalue weighted by molar-refractivity contribution is 8.15. The van der Waals surface area contributed by atoms with E-state index in [1.165, 1.54) is 18.5 Å². The quantitative estimate of drug-likeness (QED) is 0.509. The SMILES string of the molecule is C#CCOc1cnc2c(Nc3cc(F)c(F)c([C@@]4(C)N=C(N)S[C@@]5(CF)C[C@H]54)c3)nccc2n1. The third kappa shape index (κ3) is 3.58. The van der Waals surface area contributed by atoms with Crippen LogP contribution < -0.4 is 15.8 Å². The number of halogens is 3. The molecule has 1 aliphatic heterocycles. The molecule has 174 valence electrons. The highest BCUT2D eigenvalue weighted by atomic mass is 32.2. The van der Waals surface area contributed by atoms with Gasteiger partial charge in [-0.2, -0.15) is 0 Å². The Labute approximate surface area is 197 Å². The number of nitrogens with zero attached hydrogens (tertiary/aromatic N) is 4. The van der Waals surface area contributed by atoms with Crippen molar-refractivity contribution in [2.75, 3.05) is 18.6 Å². The van der Waals surface area contributed by atoms with E-state index in [1.54, 1.807) is 13.0 Å². The Morgan fingerprint density at radius 2 is 2.18 bits per heavy atom. The molecule has 1 saturated carbocycles. The number of alkyl halides is 1. The molecule has 7 nitrogen and oxygen atoms in total. The van der Waals surface area contributed by atoms with E-state index in [1.807, 2.05) is 0 Å². The van der Waals surface area contributed by atoms with E-state index in [-0.39, 0.29) is 40.6 Å². The summed E-state index contributed by atoms with van der Waals surface area (Å²) in [5.74, 6) is 0.447. The number of nitrogens with one attached hydrogen (secondary N) is 1. The van der Waals surface area contributed by atoms with Gasteiger partial charge in [-0.3, -0.25) is 4.99 Å². The van der Waals surface area contributed by atoms with Gasteiger partial charge in [-0.1, -0.05) is 17.7 Å². The van der Waals surface area contributed by atoms with Crippen molar-refractivity contribution in [3.05, 3.63) is 47.8 Å². The molecule has 0 unspecified atom stereocenters. The predicted molar refractivity (Wildman–Crippen MR) is 125 cm³/mol. The summed E-state index contributed by atoms with van der Waals surface area (Å²) in [6.45, 7) is 1.08. The Kier molecular flexibility index (Phi) is 5.28. The number of ether oxygens (including phenoxy) is 1. The summed E-state index contributed by atoms with van der Waals surface area (Å²) in [4.78, 5) is 17.3. The first-order valence-electron chi connectivity index (χ1n) is 10.3. The number of nitrogens with two attached hydrogens (primary N) is 1.